The zero-order chi connectivity index (χ0) is 24.4. The van der Waals surface area contributed by atoms with Crippen molar-refractivity contribution in [1.82, 2.24) is 24.1 Å². The molecule has 0 saturated heterocycles. The van der Waals surface area contributed by atoms with Crippen LogP contribution in [0.4, 0.5) is 5.95 Å². The van der Waals surface area contributed by atoms with Crippen LogP contribution in [-0.4, -0.2) is 43.6 Å². The second kappa shape index (κ2) is 9.75. The molecule has 5 rings (SSSR count). The lowest BCUT2D eigenvalue weighted by atomic mass is 10.2. The van der Waals surface area contributed by atoms with E-state index in [1.165, 1.54) is 5.69 Å². The van der Waals surface area contributed by atoms with E-state index in [2.05, 4.69) is 37.3 Å². The number of rotatable bonds is 9. The highest BCUT2D eigenvalue weighted by molar-refractivity contribution is 8.01. The van der Waals surface area contributed by atoms with Crippen molar-refractivity contribution in [3.63, 3.8) is 0 Å². The van der Waals surface area contributed by atoms with E-state index in [1.807, 2.05) is 66.3 Å². The molecular formula is C25H26N6O3S. The number of hydrogen-bond acceptors (Lipinski definition) is 8. The number of para-hydroxylation sites is 1. The van der Waals surface area contributed by atoms with Crippen LogP contribution in [0.3, 0.4) is 0 Å². The zero-order valence-corrected chi connectivity index (χ0v) is 20.7. The Kier molecular flexibility index (Phi) is 6.37. The van der Waals surface area contributed by atoms with E-state index in [0.717, 1.165) is 17.8 Å². The molecule has 1 unspecified atom stereocenters. The molecule has 4 aromatic heterocycles. The number of furan rings is 1. The van der Waals surface area contributed by atoms with Gasteiger partial charge < -0.3 is 18.3 Å². The van der Waals surface area contributed by atoms with Crippen LogP contribution in [0.2, 0.25) is 0 Å². The van der Waals surface area contributed by atoms with E-state index in [1.54, 1.807) is 26.2 Å². The van der Waals surface area contributed by atoms with E-state index in [0.29, 0.717) is 34.7 Å². The zero-order valence-electron chi connectivity index (χ0n) is 19.9. The van der Waals surface area contributed by atoms with Gasteiger partial charge in [0.2, 0.25) is 11.8 Å². The van der Waals surface area contributed by atoms with E-state index < -0.39 is 0 Å². The molecule has 180 valence electrons. The first-order valence-corrected chi connectivity index (χ1v) is 12.0. The van der Waals surface area contributed by atoms with E-state index >= 15 is 0 Å². The fourth-order valence-electron chi connectivity index (χ4n) is 3.99. The Balaban J connectivity index is 1.48. The Labute approximate surface area is 207 Å². The average molecular weight is 491 g/mol. The molecule has 0 radical (unpaired) electrons. The van der Waals surface area contributed by atoms with Gasteiger partial charge in [0, 0.05) is 29.8 Å². The molecule has 0 aliphatic carbocycles. The molecule has 1 aromatic carbocycles. The lowest BCUT2D eigenvalue weighted by molar-refractivity contribution is 0.391. The van der Waals surface area contributed by atoms with Gasteiger partial charge >= 0.3 is 0 Å². The van der Waals surface area contributed by atoms with E-state index in [-0.39, 0.29) is 5.25 Å². The number of imidazole rings is 1. The lowest BCUT2D eigenvalue weighted by Crippen LogP contribution is -2.11. The Hall–Kier alpha value is -3.92. The Morgan fingerprint density at radius 2 is 1.80 bits per heavy atom. The van der Waals surface area contributed by atoms with Gasteiger partial charge in [0.05, 0.1) is 14.2 Å². The van der Waals surface area contributed by atoms with Gasteiger partial charge in [-0.25, -0.2) is 4.98 Å². The topological polar surface area (TPSA) is 91.6 Å². The summed E-state index contributed by atoms with van der Waals surface area (Å²) in [7, 11) is 3.25. The maximum Gasteiger partial charge on any atom is 0.239 e. The molecule has 35 heavy (non-hydrogen) atoms. The number of fused-ring (bicyclic) bond motifs is 1. The maximum atomic E-state index is 5.88. The van der Waals surface area contributed by atoms with Gasteiger partial charge in [-0.2, -0.15) is 0 Å². The third kappa shape index (κ3) is 4.44. The van der Waals surface area contributed by atoms with Crippen LogP contribution in [0.1, 0.15) is 18.4 Å². The van der Waals surface area contributed by atoms with Gasteiger partial charge in [-0.3, -0.25) is 9.29 Å². The van der Waals surface area contributed by atoms with Crippen molar-refractivity contribution in [1.29, 1.82) is 0 Å². The Morgan fingerprint density at radius 3 is 2.51 bits per heavy atom. The molecule has 1 atom stereocenters. The van der Waals surface area contributed by atoms with Gasteiger partial charge in [0.25, 0.3) is 0 Å². The minimum absolute atomic E-state index is 0.224. The fourth-order valence-corrected chi connectivity index (χ4v) is 4.68. The van der Waals surface area contributed by atoms with Crippen molar-refractivity contribution in [2.75, 3.05) is 18.9 Å². The minimum atomic E-state index is 0.224. The molecule has 4 heterocycles. The molecule has 0 aliphatic rings. The van der Waals surface area contributed by atoms with Crippen molar-refractivity contribution in [2.45, 2.75) is 25.5 Å². The van der Waals surface area contributed by atoms with Crippen LogP contribution in [0.15, 0.2) is 65.3 Å². The first kappa shape index (κ1) is 22.9. The molecule has 0 aliphatic heterocycles. The van der Waals surface area contributed by atoms with Crippen LogP contribution >= 0.6 is 11.9 Å². The molecule has 5 aromatic rings. The summed E-state index contributed by atoms with van der Waals surface area (Å²) in [6.45, 7) is 4.06. The lowest BCUT2D eigenvalue weighted by Gasteiger charge is -2.18. The number of pyridine rings is 1. The maximum absolute atomic E-state index is 5.88. The summed E-state index contributed by atoms with van der Waals surface area (Å²) in [4.78, 5) is 4.38. The summed E-state index contributed by atoms with van der Waals surface area (Å²) in [5, 5.41) is 9.11. The molecular weight excluding hydrogens is 464 g/mol. The van der Waals surface area contributed by atoms with Gasteiger partial charge in [0.1, 0.15) is 28.6 Å². The second-order valence-corrected chi connectivity index (χ2v) is 9.26. The van der Waals surface area contributed by atoms with E-state index in [9.17, 15) is 0 Å². The standard InChI is InChI=1S/C25H26N6O3S/c1-16-11-12-21(34-16)24-27-28-25(31(24)23-19(32-3)8-6-9-20(23)33-4)29-35-17(2)15-18-7-5-10-22-26-13-14-30(18)22/h5-14,17H,15H2,1-4H3,(H,28,29). The number of benzene rings is 1. The summed E-state index contributed by atoms with van der Waals surface area (Å²) in [6, 6.07) is 15.6. The van der Waals surface area contributed by atoms with Gasteiger partial charge in [-0.15, -0.1) is 10.2 Å². The smallest absolute Gasteiger partial charge is 0.239 e. The Morgan fingerprint density at radius 1 is 1.03 bits per heavy atom. The number of aromatic nitrogens is 5. The van der Waals surface area contributed by atoms with Gasteiger partial charge in [-0.05, 0) is 55.3 Å². The monoisotopic (exact) mass is 490 g/mol. The SMILES string of the molecule is COc1cccc(OC)c1-n1c(NSC(C)Cc2cccc3nccn23)nnc1-c1ccc(C)o1. The van der Waals surface area contributed by atoms with Crippen LogP contribution in [0.5, 0.6) is 11.5 Å². The first-order chi connectivity index (χ1) is 17.1. The van der Waals surface area contributed by atoms with Crippen molar-refractivity contribution in [3.05, 3.63) is 72.4 Å². The van der Waals surface area contributed by atoms with Crippen molar-refractivity contribution in [2.24, 2.45) is 0 Å². The average Bonchev–Trinajstić information content (AvgIpc) is 3.61. The number of nitrogens with one attached hydrogen (secondary N) is 1. The van der Waals surface area contributed by atoms with Gasteiger partial charge in [-0.1, -0.05) is 19.1 Å². The number of nitrogens with zero attached hydrogens (tertiary/aromatic N) is 5. The number of methoxy groups -OCH3 is 2. The van der Waals surface area contributed by atoms with Crippen molar-refractivity contribution in [3.8, 4) is 28.8 Å². The highest BCUT2D eigenvalue weighted by atomic mass is 32.2. The molecule has 0 saturated carbocycles. The predicted octanol–water partition coefficient (Wildman–Crippen LogP) is 5.19. The molecule has 0 amide bonds. The largest absolute Gasteiger partial charge is 0.494 e. The van der Waals surface area contributed by atoms with Crippen LogP contribution in [0, 0.1) is 6.92 Å². The normalized spacial score (nSPS) is 12.1. The third-order valence-corrected chi connectivity index (χ3v) is 6.48. The summed E-state index contributed by atoms with van der Waals surface area (Å²) in [5.41, 5.74) is 2.81. The molecule has 0 bridgehead atoms. The summed E-state index contributed by atoms with van der Waals surface area (Å²) < 4.78 is 24.6. The highest BCUT2D eigenvalue weighted by Gasteiger charge is 2.24. The minimum Gasteiger partial charge on any atom is -0.494 e. The third-order valence-electron chi connectivity index (χ3n) is 5.61. The van der Waals surface area contributed by atoms with Crippen molar-refractivity contribution >= 4 is 23.5 Å². The van der Waals surface area contributed by atoms with Crippen LogP contribution in [-0.2, 0) is 6.42 Å². The molecule has 10 heteroatoms. The number of hydrogen-bond donors (Lipinski definition) is 1. The highest BCUT2D eigenvalue weighted by Crippen LogP contribution is 2.38. The number of anilines is 1. The van der Waals surface area contributed by atoms with Crippen molar-refractivity contribution < 1.29 is 13.9 Å². The fraction of sp³-hybridized carbons (Fsp3) is 0.240. The number of ether oxygens (including phenoxy) is 2. The number of aryl methyl sites for hydroxylation is 1. The van der Waals surface area contributed by atoms with E-state index in [4.69, 9.17) is 13.9 Å². The van der Waals surface area contributed by atoms with Gasteiger partial charge in [0.15, 0.2) is 5.76 Å². The van der Waals surface area contributed by atoms with Crippen LogP contribution in [0.25, 0.3) is 22.9 Å². The quantitative estimate of drug-likeness (QED) is 0.282. The molecule has 0 fully saturated rings. The van der Waals surface area contributed by atoms with Crippen LogP contribution < -0.4 is 14.2 Å². The molecule has 1 N–H and O–H groups in total. The molecule has 0 spiro atoms. The Bertz CT molecular complexity index is 1430. The predicted molar refractivity (Wildman–Crippen MR) is 136 cm³/mol. The summed E-state index contributed by atoms with van der Waals surface area (Å²) >= 11 is 1.57. The first-order valence-electron chi connectivity index (χ1n) is 11.1. The molecule has 9 nitrogen and oxygen atoms in total. The second-order valence-electron chi connectivity index (χ2n) is 8.01. The summed E-state index contributed by atoms with van der Waals surface area (Å²) in [6.07, 6.45) is 4.63. The summed E-state index contributed by atoms with van der Waals surface area (Å²) in [5.74, 6) is 3.71.